The lowest BCUT2D eigenvalue weighted by Gasteiger charge is -2.39. The van der Waals surface area contributed by atoms with Gasteiger partial charge in [0, 0.05) is 57.8 Å². The number of benzene rings is 2. The highest BCUT2D eigenvalue weighted by Crippen LogP contribution is 2.26. The summed E-state index contributed by atoms with van der Waals surface area (Å²) in [6.07, 6.45) is 0.501. The van der Waals surface area contributed by atoms with Crippen LogP contribution in [0, 0.1) is 5.92 Å². The van der Waals surface area contributed by atoms with Crippen LogP contribution in [0.3, 0.4) is 0 Å². The molecule has 1 fully saturated rings. The minimum atomic E-state index is -1.22. The average molecular weight is 487 g/mol. The second kappa shape index (κ2) is 13.8. The van der Waals surface area contributed by atoms with Crippen LogP contribution in [0.5, 0.6) is 5.75 Å². The fourth-order valence-electron chi connectivity index (χ4n) is 4.52. The van der Waals surface area contributed by atoms with Crippen LogP contribution in [-0.4, -0.2) is 67.4 Å². The van der Waals surface area contributed by atoms with Crippen LogP contribution in [0.4, 0.5) is 4.39 Å². The molecule has 2 aromatic rings. The van der Waals surface area contributed by atoms with Gasteiger partial charge in [0.25, 0.3) is 5.75 Å². The van der Waals surface area contributed by atoms with Crippen LogP contribution < -0.4 is 10.6 Å². The number of rotatable bonds is 12. The van der Waals surface area contributed by atoms with Gasteiger partial charge >= 0.3 is 0 Å². The van der Waals surface area contributed by atoms with Gasteiger partial charge in [-0.1, -0.05) is 30.3 Å². The molecule has 2 amide bonds. The van der Waals surface area contributed by atoms with Gasteiger partial charge in [0.15, 0.2) is 0 Å². The van der Waals surface area contributed by atoms with E-state index in [0.717, 1.165) is 11.1 Å². The Bertz CT molecular complexity index is 926. The van der Waals surface area contributed by atoms with Crippen molar-refractivity contribution in [3.63, 3.8) is 0 Å². The van der Waals surface area contributed by atoms with Crippen molar-refractivity contribution in [3.8, 4) is 5.75 Å². The molecule has 3 rings (SSSR count). The summed E-state index contributed by atoms with van der Waals surface area (Å²) in [7, 11) is 1.59. The predicted molar refractivity (Wildman–Crippen MR) is 134 cm³/mol. The summed E-state index contributed by atoms with van der Waals surface area (Å²) < 4.78 is 20.3. The summed E-state index contributed by atoms with van der Waals surface area (Å²) >= 11 is 0. The highest BCUT2D eigenvalue weighted by atomic mass is 19.1. The number of amides is 2. The zero-order valence-corrected chi connectivity index (χ0v) is 20.3. The highest BCUT2D eigenvalue weighted by molar-refractivity contribution is 5.88. The number of aryl methyl sites for hydroxylation is 1. The Balaban J connectivity index is 1.79. The Hall–Kier alpha value is -2.97. The van der Waals surface area contributed by atoms with Crippen molar-refractivity contribution in [1.82, 2.24) is 15.5 Å². The van der Waals surface area contributed by atoms with Gasteiger partial charge in [0.05, 0.1) is 0 Å². The molecule has 190 valence electrons. The third kappa shape index (κ3) is 8.04. The maximum Gasteiger partial charge on any atom is 0.253 e. The summed E-state index contributed by atoms with van der Waals surface area (Å²) in [6.45, 7) is 1.86. The number of piperidine rings is 1. The third-order valence-corrected chi connectivity index (χ3v) is 6.43. The first-order chi connectivity index (χ1) is 17.0. The standard InChI is InChI=1S/C27H36FN3O4/c1-35-17-5-16-31(25(33)13-10-20-8-11-22(32)12-9-20)26(23-14-15-29-19-24(23)28)27(34)30-18-21-6-3-2-4-7-21/h2-4,6-9,11-12,23-24,26,29,32H,5,10,13-19H2,1H3,(H,30,34)/p+1. The SMILES string of the molecule is COCCCN(C(=O)CCc1ccc([OH2+])cc1)C(C(=O)NCc1ccccc1)C1CCNCC1F. The molecule has 0 aliphatic carbocycles. The molecule has 1 aliphatic rings. The first-order valence-corrected chi connectivity index (χ1v) is 12.2. The van der Waals surface area contributed by atoms with Crippen LogP contribution in [-0.2, 0) is 27.3 Å². The number of hydrogen-bond acceptors (Lipinski definition) is 4. The van der Waals surface area contributed by atoms with Crippen molar-refractivity contribution >= 4 is 11.8 Å². The van der Waals surface area contributed by atoms with Crippen LogP contribution in [0.1, 0.15) is 30.4 Å². The first-order valence-electron chi connectivity index (χ1n) is 12.2. The average Bonchev–Trinajstić information content (AvgIpc) is 2.88. The molecule has 8 heteroatoms. The predicted octanol–water partition coefficient (Wildman–Crippen LogP) is 2.55. The number of ether oxygens (including phenoxy) is 1. The number of carbonyl (C=O) groups is 2. The van der Waals surface area contributed by atoms with Gasteiger partial charge in [-0.15, -0.1) is 0 Å². The van der Waals surface area contributed by atoms with Gasteiger partial charge in [-0.25, -0.2) is 4.39 Å². The molecule has 1 heterocycles. The quantitative estimate of drug-likeness (QED) is 0.356. The van der Waals surface area contributed by atoms with Gasteiger partial charge < -0.3 is 25.4 Å². The Labute approximate surface area is 206 Å². The maximum atomic E-state index is 15.1. The molecule has 0 radical (unpaired) electrons. The summed E-state index contributed by atoms with van der Waals surface area (Å²) in [5.74, 6) is -0.674. The van der Waals surface area contributed by atoms with E-state index in [1.54, 1.807) is 24.1 Å². The summed E-state index contributed by atoms with van der Waals surface area (Å²) in [5, 5.41) is 13.6. The van der Waals surface area contributed by atoms with E-state index in [2.05, 4.69) is 10.6 Å². The lowest BCUT2D eigenvalue weighted by atomic mass is 9.86. The molecule has 0 saturated carbocycles. The van der Waals surface area contributed by atoms with E-state index in [1.165, 1.54) is 0 Å². The van der Waals surface area contributed by atoms with Gasteiger partial charge in [-0.3, -0.25) is 9.59 Å². The van der Waals surface area contributed by atoms with Crippen molar-refractivity contribution in [1.29, 1.82) is 0 Å². The largest absolute Gasteiger partial charge is 0.593 e. The molecular weight excluding hydrogens is 449 g/mol. The number of methoxy groups -OCH3 is 1. The van der Waals surface area contributed by atoms with Crippen LogP contribution in [0.25, 0.3) is 0 Å². The Morgan fingerprint density at radius 2 is 1.91 bits per heavy atom. The maximum absolute atomic E-state index is 15.1. The van der Waals surface area contributed by atoms with Gasteiger partial charge in [-0.2, -0.15) is 0 Å². The van der Waals surface area contributed by atoms with Crippen molar-refractivity contribution in [3.05, 3.63) is 65.7 Å². The molecule has 0 spiro atoms. The minimum Gasteiger partial charge on any atom is -0.593 e. The molecular formula is C27H37FN3O4+. The first kappa shape index (κ1) is 26.6. The number of alkyl halides is 1. The van der Waals surface area contributed by atoms with E-state index < -0.39 is 18.1 Å². The number of nitrogens with zero attached hydrogens (tertiary/aromatic N) is 1. The molecule has 0 aromatic heterocycles. The van der Waals surface area contributed by atoms with Crippen LogP contribution in [0.15, 0.2) is 54.6 Å². The van der Waals surface area contributed by atoms with Crippen molar-refractivity contribution < 1.29 is 23.8 Å². The van der Waals surface area contributed by atoms with E-state index in [0.29, 0.717) is 51.3 Å². The molecule has 2 aromatic carbocycles. The number of nitrogens with one attached hydrogen (secondary N) is 2. The van der Waals surface area contributed by atoms with E-state index in [-0.39, 0.29) is 24.8 Å². The van der Waals surface area contributed by atoms with E-state index in [1.807, 2.05) is 42.5 Å². The lowest BCUT2D eigenvalue weighted by Crippen LogP contribution is -2.58. The second-order valence-electron chi connectivity index (χ2n) is 8.95. The Morgan fingerprint density at radius 1 is 1.17 bits per heavy atom. The fourth-order valence-corrected chi connectivity index (χ4v) is 4.52. The van der Waals surface area contributed by atoms with Gasteiger partial charge in [-0.05, 0) is 49.1 Å². The summed E-state index contributed by atoms with van der Waals surface area (Å²) in [5.41, 5.74) is 1.89. The third-order valence-electron chi connectivity index (χ3n) is 6.43. The van der Waals surface area contributed by atoms with Crippen molar-refractivity contribution in [2.75, 3.05) is 33.4 Å². The molecule has 0 bridgehead atoms. The van der Waals surface area contributed by atoms with Crippen molar-refractivity contribution in [2.45, 2.75) is 44.4 Å². The topological polar surface area (TPSA) is 93.6 Å². The molecule has 1 saturated heterocycles. The fraction of sp³-hybridized carbons (Fsp3) is 0.481. The Morgan fingerprint density at radius 3 is 2.60 bits per heavy atom. The minimum absolute atomic E-state index is 0.173. The normalized spacial score (nSPS) is 18.6. The number of halogens is 1. The highest BCUT2D eigenvalue weighted by Gasteiger charge is 2.41. The van der Waals surface area contributed by atoms with Gasteiger partial charge in [0.2, 0.25) is 11.8 Å². The molecule has 35 heavy (non-hydrogen) atoms. The summed E-state index contributed by atoms with van der Waals surface area (Å²) in [4.78, 5) is 28.6. The molecule has 1 aliphatic heterocycles. The van der Waals surface area contributed by atoms with E-state index in [9.17, 15) is 9.59 Å². The zero-order chi connectivity index (χ0) is 25.0. The zero-order valence-electron chi connectivity index (χ0n) is 20.3. The molecule has 4 N–H and O–H groups in total. The second-order valence-corrected chi connectivity index (χ2v) is 8.95. The molecule has 3 unspecified atom stereocenters. The molecule has 7 nitrogen and oxygen atoms in total. The Kier molecular flexibility index (Phi) is 10.5. The summed E-state index contributed by atoms with van der Waals surface area (Å²) in [6, 6.07) is 15.7. The molecule has 3 atom stereocenters. The monoisotopic (exact) mass is 486 g/mol. The van der Waals surface area contributed by atoms with Crippen LogP contribution in [0.2, 0.25) is 0 Å². The van der Waals surface area contributed by atoms with E-state index >= 15 is 4.39 Å². The van der Waals surface area contributed by atoms with Gasteiger partial charge in [0.1, 0.15) is 12.2 Å². The lowest BCUT2D eigenvalue weighted by molar-refractivity contribution is -0.144. The van der Waals surface area contributed by atoms with Crippen molar-refractivity contribution in [2.24, 2.45) is 5.92 Å². The number of hydrogen-bond donors (Lipinski definition) is 2. The van der Waals surface area contributed by atoms with Crippen LogP contribution >= 0.6 is 0 Å². The smallest absolute Gasteiger partial charge is 0.253 e. The number of carbonyl (C=O) groups excluding carboxylic acids is 2. The van der Waals surface area contributed by atoms with E-state index in [4.69, 9.17) is 9.84 Å².